The molecule has 0 aliphatic heterocycles. The standard InChI is InChI=1S/C8H6NO4.3C4H9.Sn/c1-13-8(10)6-3-2-4-7(5-6)9(11)12;3*1-3-4-2;/h2,4-5H,1H3;3*1,3-4H2,2H3;. The average Bonchev–Trinajstić information content (AvgIpc) is 2.66. The molecule has 0 aliphatic rings. The Kier molecular flexibility index (Phi) is 10.2. The van der Waals surface area contributed by atoms with Gasteiger partial charge >= 0.3 is 162 Å². The minimum absolute atomic E-state index is 0.0317. The summed E-state index contributed by atoms with van der Waals surface area (Å²) in [7, 11) is 1.35. The zero-order chi connectivity index (χ0) is 19.6. The number of unbranched alkanes of at least 4 members (excludes halogenated alkanes) is 3. The molecule has 0 fully saturated rings. The van der Waals surface area contributed by atoms with E-state index in [1.165, 1.54) is 45.7 Å². The monoisotopic (exact) mass is 471 g/mol. The number of hydrogen-bond acceptors (Lipinski definition) is 4. The first-order chi connectivity index (χ1) is 12.5. The van der Waals surface area contributed by atoms with Crippen molar-refractivity contribution in [1.29, 1.82) is 0 Å². The fourth-order valence-corrected chi connectivity index (χ4v) is 20.4. The number of rotatable bonds is 12. The fourth-order valence-electron chi connectivity index (χ4n) is 3.71. The van der Waals surface area contributed by atoms with Crippen LogP contribution in [0.3, 0.4) is 0 Å². The number of benzene rings is 1. The van der Waals surface area contributed by atoms with Crippen LogP contribution < -0.4 is 3.58 Å². The van der Waals surface area contributed by atoms with Gasteiger partial charge in [0, 0.05) is 0 Å². The van der Waals surface area contributed by atoms with Gasteiger partial charge in [-0.25, -0.2) is 0 Å². The number of carbonyl (C=O) groups excluding carboxylic acids is 1. The van der Waals surface area contributed by atoms with Gasteiger partial charge in [-0.15, -0.1) is 0 Å². The van der Waals surface area contributed by atoms with Crippen molar-refractivity contribution in [3.8, 4) is 0 Å². The number of non-ortho nitro benzene ring substituents is 1. The van der Waals surface area contributed by atoms with Crippen molar-refractivity contribution in [3.05, 3.63) is 33.9 Å². The molecule has 6 heteroatoms. The first-order valence-corrected chi connectivity index (χ1v) is 17.3. The van der Waals surface area contributed by atoms with Crippen molar-refractivity contribution in [1.82, 2.24) is 0 Å². The van der Waals surface area contributed by atoms with Crippen molar-refractivity contribution >= 4 is 33.6 Å². The molecule has 1 rings (SSSR count). The fraction of sp³-hybridized carbons (Fsp3) is 0.650. The van der Waals surface area contributed by atoms with Crippen LogP contribution in [-0.2, 0) is 4.74 Å². The molecule has 26 heavy (non-hydrogen) atoms. The summed E-state index contributed by atoms with van der Waals surface area (Å²) < 4.78 is 9.73. The second-order valence-corrected chi connectivity index (χ2v) is 20.2. The molecule has 0 atom stereocenters. The van der Waals surface area contributed by atoms with Gasteiger partial charge in [-0.3, -0.25) is 0 Å². The van der Waals surface area contributed by atoms with E-state index >= 15 is 0 Å². The summed E-state index contributed by atoms with van der Waals surface area (Å²) in [6.07, 6.45) is 6.91. The molecule has 146 valence electrons. The van der Waals surface area contributed by atoms with E-state index in [0.717, 1.165) is 22.8 Å². The molecule has 0 saturated carbocycles. The van der Waals surface area contributed by atoms with E-state index in [2.05, 4.69) is 20.8 Å². The Hall–Kier alpha value is -1.11. The van der Waals surface area contributed by atoms with Gasteiger partial charge in [0.2, 0.25) is 0 Å². The Morgan fingerprint density at radius 3 is 1.92 bits per heavy atom. The summed E-state index contributed by atoms with van der Waals surface area (Å²) in [4.78, 5) is 23.2. The molecule has 0 radical (unpaired) electrons. The molecular weight excluding hydrogens is 437 g/mol. The summed E-state index contributed by atoms with van der Waals surface area (Å²) in [5, 5.41) is 11.2. The summed E-state index contributed by atoms with van der Waals surface area (Å²) in [5.74, 6) is -0.436. The number of nitro benzene ring substituents is 1. The summed E-state index contributed by atoms with van der Waals surface area (Å²) in [6.45, 7) is 6.61. The molecule has 0 unspecified atom stereocenters. The normalized spacial score (nSPS) is 11.4. The quantitative estimate of drug-likeness (QED) is 0.177. The van der Waals surface area contributed by atoms with Crippen LogP contribution in [-0.4, -0.2) is 36.4 Å². The number of carbonyl (C=O) groups is 1. The Bertz CT molecular complexity index is 582. The molecule has 0 aliphatic carbocycles. The maximum absolute atomic E-state index is 12.5. The van der Waals surface area contributed by atoms with Crippen molar-refractivity contribution in [2.24, 2.45) is 0 Å². The summed E-state index contributed by atoms with van der Waals surface area (Å²) >= 11 is -2.87. The number of nitro groups is 1. The van der Waals surface area contributed by atoms with Gasteiger partial charge in [-0.2, -0.15) is 0 Å². The van der Waals surface area contributed by atoms with Crippen LogP contribution in [0.4, 0.5) is 5.69 Å². The minimum atomic E-state index is -2.87. The first-order valence-electron chi connectivity index (χ1n) is 9.83. The van der Waals surface area contributed by atoms with Crippen molar-refractivity contribution in [3.63, 3.8) is 0 Å². The van der Waals surface area contributed by atoms with Crippen LogP contribution in [0.2, 0.25) is 13.3 Å². The van der Waals surface area contributed by atoms with E-state index in [0.29, 0.717) is 5.56 Å². The van der Waals surface area contributed by atoms with E-state index < -0.39 is 29.3 Å². The van der Waals surface area contributed by atoms with Gasteiger partial charge in [-0.1, -0.05) is 0 Å². The summed E-state index contributed by atoms with van der Waals surface area (Å²) in [5.41, 5.74) is 0.414. The third-order valence-electron chi connectivity index (χ3n) is 5.22. The van der Waals surface area contributed by atoms with Crippen LogP contribution in [0, 0.1) is 10.1 Å². The van der Waals surface area contributed by atoms with Gasteiger partial charge in [0.15, 0.2) is 0 Å². The summed E-state index contributed by atoms with van der Waals surface area (Å²) in [6, 6.07) is 4.91. The molecule has 0 amide bonds. The zero-order valence-corrected chi connectivity index (χ0v) is 19.5. The van der Waals surface area contributed by atoms with Crippen LogP contribution in [0.5, 0.6) is 0 Å². The topological polar surface area (TPSA) is 69.4 Å². The zero-order valence-electron chi connectivity index (χ0n) is 16.7. The molecule has 0 aromatic heterocycles. The van der Waals surface area contributed by atoms with Crippen LogP contribution in [0.1, 0.15) is 69.7 Å². The second-order valence-electron chi connectivity index (χ2n) is 7.07. The van der Waals surface area contributed by atoms with E-state index in [-0.39, 0.29) is 5.69 Å². The van der Waals surface area contributed by atoms with E-state index in [4.69, 9.17) is 4.74 Å². The van der Waals surface area contributed by atoms with Crippen molar-refractivity contribution in [2.45, 2.75) is 72.6 Å². The Morgan fingerprint density at radius 1 is 1.04 bits per heavy atom. The third kappa shape index (κ3) is 5.96. The molecular formula is C20H33NO4Sn. The Morgan fingerprint density at radius 2 is 1.54 bits per heavy atom. The van der Waals surface area contributed by atoms with E-state index in [9.17, 15) is 14.9 Å². The molecule has 5 nitrogen and oxygen atoms in total. The van der Waals surface area contributed by atoms with Gasteiger partial charge < -0.3 is 0 Å². The first kappa shape index (κ1) is 22.9. The number of nitrogens with zero attached hydrogens (tertiary/aromatic N) is 1. The molecule has 0 bridgehead atoms. The van der Waals surface area contributed by atoms with Gasteiger partial charge in [0.25, 0.3) is 0 Å². The van der Waals surface area contributed by atoms with Gasteiger partial charge in [-0.05, 0) is 0 Å². The average molecular weight is 470 g/mol. The van der Waals surface area contributed by atoms with Crippen molar-refractivity contribution in [2.75, 3.05) is 7.11 Å². The SMILES string of the molecule is CCC[CH2][Sn]([CH2]CCC)([CH2]CCC)[c]1ccc([N+](=O)[O-])cc1C(=O)OC. The molecule has 0 saturated heterocycles. The molecule has 0 heterocycles. The molecule has 1 aromatic carbocycles. The third-order valence-corrected chi connectivity index (χ3v) is 20.9. The maximum atomic E-state index is 12.5. The number of ether oxygens (including phenoxy) is 1. The van der Waals surface area contributed by atoms with Gasteiger partial charge in [0.05, 0.1) is 0 Å². The predicted molar refractivity (Wildman–Crippen MR) is 109 cm³/mol. The van der Waals surface area contributed by atoms with Crippen LogP contribution >= 0.6 is 0 Å². The number of methoxy groups -OCH3 is 1. The molecule has 1 aromatic rings. The predicted octanol–water partition coefficient (Wildman–Crippen LogP) is 5.44. The number of esters is 1. The second kappa shape index (κ2) is 11.6. The Labute approximate surface area is 161 Å². The molecule has 0 N–H and O–H groups in total. The molecule has 0 spiro atoms. The van der Waals surface area contributed by atoms with Crippen LogP contribution in [0.15, 0.2) is 18.2 Å². The van der Waals surface area contributed by atoms with Crippen LogP contribution in [0.25, 0.3) is 0 Å². The Balaban J connectivity index is 3.53. The van der Waals surface area contributed by atoms with Gasteiger partial charge in [0.1, 0.15) is 0 Å². The van der Waals surface area contributed by atoms with Crippen molar-refractivity contribution < 1.29 is 14.5 Å². The van der Waals surface area contributed by atoms with E-state index in [1.54, 1.807) is 6.07 Å². The van der Waals surface area contributed by atoms with E-state index in [1.807, 2.05) is 6.07 Å². The number of hydrogen-bond donors (Lipinski definition) is 0.